The number of rotatable bonds is 1. The topological polar surface area (TPSA) is 0 Å². The maximum absolute atomic E-state index is 2.54. The third-order valence-corrected chi connectivity index (χ3v) is 8.67. The third kappa shape index (κ3) is 2.43. The van der Waals surface area contributed by atoms with Gasteiger partial charge in [0.2, 0.25) is 0 Å². The first kappa shape index (κ1) is 20.2. The van der Waals surface area contributed by atoms with Crippen LogP contribution in [-0.2, 0) is 11.8 Å². The van der Waals surface area contributed by atoms with Gasteiger partial charge in [0.05, 0.1) is 5.41 Å². The van der Waals surface area contributed by atoms with Crippen LogP contribution >= 0.6 is 22.6 Å². The summed E-state index contributed by atoms with van der Waals surface area (Å²) in [5, 5.41) is 0. The normalized spacial score (nSPS) is 13.9. The molecule has 5 aromatic carbocycles. The van der Waals surface area contributed by atoms with Crippen molar-refractivity contribution in [1.29, 1.82) is 0 Å². The van der Waals surface area contributed by atoms with Gasteiger partial charge in [-0.2, -0.15) is 0 Å². The van der Waals surface area contributed by atoms with E-state index in [1.54, 1.807) is 0 Å². The van der Waals surface area contributed by atoms with Crippen LogP contribution in [0, 0.1) is 3.57 Å². The highest BCUT2D eigenvalue weighted by Crippen LogP contribution is 2.62. The SMILES string of the molecule is CCc1cccc2c1-c1ccccc1-c1c(I)cccc1C21c2ccccc2-c2ccccc21. The van der Waals surface area contributed by atoms with Crippen LogP contribution in [0.25, 0.3) is 33.4 Å². The summed E-state index contributed by atoms with van der Waals surface area (Å²) in [6, 6.07) is 41.0. The van der Waals surface area contributed by atoms with Crippen LogP contribution in [0.2, 0.25) is 0 Å². The van der Waals surface area contributed by atoms with Crippen molar-refractivity contribution in [2.24, 2.45) is 0 Å². The van der Waals surface area contributed by atoms with Crippen LogP contribution in [0.15, 0.2) is 109 Å². The van der Waals surface area contributed by atoms with Crippen molar-refractivity contribution in [3.8, 4) is 33.4 Å². The van der Waals surface area contributed by atoms with Gasteiger partial charge >= 0.3 is 0 Å². The first-order chi connectivity index (χ1) is 16.8. The number of benzene rings is 5. The van der Waals surface area contributed by atoms with Gasteiger partial charge in [-0.25, -0.2) is 0 Å². The molecule has 2 aliphatic carbocycles. The van der Waals surface area contributed by atoms with Gasteiger partial charge in [-0.3, -0.25) is 0 Å². The summed E-state index contributed by atoms with van der Waals surface area (Å²) < 4.78 is 1.30. The minimum Gasteiger partial charge on any atom is -0.0619 e. The third-order valence-electron chi connectivity index (χ3n) is 7.77. The Bertz CT molecular complexity index is 1560. The molecule has 1 spiro atoms. The van der Waals surface area contributed by atoms with Crippen molar-refractivity contribution < 1.29 is 0 Å². The van der Waals surface area contributed by atoms with Gasteiger partial charge < -0.3 is 0 Å². The molecule has 0 saturated carbocycles. The van der Waals surface area contributed by atoms with Gasteiger partial charge in [0.25, 0.3) is 0 Å². The molecule has 0 unspecified atom stereocenters. The van der Waals surface area contributed by atoms with Crippen molar-refractivity contribution >= 4 is 22.6 Å². The van der Waals surface area contributed by atoms with E-state index in [4.69, 9.17) is 0 Å². The van der Waals surface area contributed by atoms with Crippen molar-refractivity contribution in [3.05, 3.63) is 141 Å². The minimum atomic E-state index is -0.358. The molecular weight excluding hydrogens is 523 g/mol. The lowest BCUT2D eigenvalue weighted by molar-refractivity contribution is 0.773. The fourth-order valence-corrected chi connectivity index (χ4v) is 7.30. The van der Waals surface area contributed by atoms with Crippen molar-refractivity contribution in [2.75, 3.05) is 0 Å². The molecule has 2 aliphatic rings. The quantitative estimate of drug-likeness (QED) is 0.181. The molecule has 5 aromatic rings. The molecular formula is C33H23I. The van der Waals surface area contributed by atoms with E-state index in [-0.39, 0.29) is 5.41 Å². The predicted molar refractivity (Wildman–Crippen MR) is 150 cm³/mol. The Kier molecular flexibility index (Phi) is 4.41. The molecule has 0 fully saturated rings. The zero-order valence-corrected chi connectivity index (χ0v) is 21.1. The summed E-state index contributed by atoms with van der Waals surface area (Å²) in [6.07, 6.45) is 1.00. The van der Waals surface area contributed by atoms with E-state index in [0.29, 0.717) is 0 Å². The molecule has 1 heteroatoms. The van der Waals surface area contributed by atoms with Gasteiger partial charge in [0, 0.05) is 9.13 Å². The molecule has 0 saturated heterocycles. The summed E-state index contributed by atoms with van der Waals surface area (Å²) >= 11 is 2.54. The van der Waals surface area contributed by atoms with Gasteiger partial charge in [-0.15, -0.1) is 0 Å². The Labute approximate surface area is 214 Å². The maximum Gasteiger partial charge on any atom is 0.0726 e. The molecule has 0 atom stereocenters. The molecule has 0 amide bonds. The molecule has 0 bridgehead atoms. The van der Waals surface area contributed by atoms with Crippen LogP contribution in [0.1, 0.15) is 34.7 Å². The lowest BCUT2D eigenvalue weighted by atomic mass is 9.65. The molecule has 0 radical (unpaired) electrons. The van der Waals surface area contributed by atoms with E-state index in [1.807, 2.05) is 0 Å². The second kappa shape index (κ2) is 7.41. The van der Waals surface area contributed by atoms with E-state index in [2.05, 4.69) is 139 Å². The monoisotopic (exact) mass is 546 g/mol. The van der Waals surface area contributed by atoms with Crippen LogP contribution in [0.4, 0.5) is 0 Å². The number of hydrogen-bond donors (Lipinski definition) is 0. The molecule has 0 aliphatic heterocycles. The molecule has 7 rings (SSSR count). The van der Waals surface area contributed by atoms with Gasteiger partial charge in [-0.05, 0) is 90.7 Å². The first-order valence-corrected chi connectivity index (χ1v) is 13.0. The lowest BCUT2D eigenvalue weighted by Gasteiger charge is -2.36. The Balaban J connectivity index is 1.80. The highest BCUT2D eigenvalue weighted by atomic mass is 127. The average molecular weight is 546 g/mol. The fraction of sp³-hybridized carbons (Fsp3) is 0.0909. The van der Waals surface area contributed by atoms with Gasteiger partial charge in [-0.1, -0.05) is 110 Å². The fourth-order valence-electron chi connectivity index (χ4n) is 6.52. The Morgan fingerprint density at radius 3 is 1.59 bits per heavy atom. The van der Waals surface area contributed by atoms with Crippen LogP contribution < -0.4 is 0 Å². The first-order valence-electron chi connectivity index (χ1n) is 12.0. The minimum absolute atomic E-state index is 0.358. The highest BCUT2D eigenvalue weighted by molar-refractivity contribution is 14.1. The van der Waals surface area contributed by atoms with Crippen LogP contribution in [0.5, 0.6) is 0 Å². The second-order valence-electron chi connectivity index (χ2n) is 9.24. The molecule has 34 heavy (non-hydrogen) atoms. The summed E-state index contributed by atoms with van der Waals surface area (Å²) in [6.45, 7) is 2.28. The predicted octanol–water partition coefficient (Wildman–Crippen LogP) is 8.86. The molecule has 162 valence electrons. The van der Waals surface area contributed by atoms with Crippen LogP contribution in [-0.4, -0.2) is 0 Å². The van der Waals surface area contributed by atoms with E-state index >= 15 is 0 Å². The van der Waals surface area contributed by atoms with Crippen molar-refractivity contribution in [2.45, 2.75) is 18.8 Å². The Hall–Kier alpha value is -3.17. The van der Waals surface area contributed by atoms with E-state index in [1.165, 1.54) is 64.8 Å². The summed E-state index contributed by atoms with van der Waals surface area (Å²) in [5.74, 6) is 0. The second-order valence-corrected chi connectivity index (χ2v) is 10.4. The van der Waals surface area contributed by atoms with Crippen molar-refractivity contribution in [1.82, 2.24) is 0 Å². The van der Waals surface area contributed by atoms with Crippen molar-refractivity contribution in [3.63, 3.8) is 0 Å². The molecule has 0 heterocycles. The lowest BCUT2D eigenvalue weighted by Crippen LogP contribution is -2.29. The largest absolute Gasteiger partial charge is 0.0726 e. The molecule has 0 aromatic heterocycles. The highest BCUT2D eigenvalue weighted by Gasteiger charge is 2.50. The van der Waals surface area contributed by atoms with E-state index in [9.17, 15) is 0 Å². The number of halogens is 1. The van der Waals surface area contributed by atoms with Gasteiger partial charge in [0.1, 0.15) is 0 Å². The van der Waals surface area contributed by atoms with Crippen LogP contribution in [0.3, 0.4) is 0 Å². The standard InChI is InChI=1S/C33H23I/c1-2-21-11-9-18-28-31(21)24-14-3-4-15-25(24)32-29(19-10-20-30(32)34)33(28)26-16-7-5-12-22(26)23-13-6-8-17-27(23)33/h3-20H,2H2,1H3. The zero-order chi connectivity index (χ0) is 22.9. The summed E-state index contributed by atoms with van der Waals surface area (Å²) in [5.41, 5.74) is 14.8. The van der Waals surface area contributed by atoms with E-state index < -0.39 is 0 Å². The molecule has 0 N–H and O–H groups in total. The Morgan fingerprint density at radius 1 is 0.500 bits per heavy atom. The summed E-state index contributed by atoms with van der Waals surface area (Å²) in [4.78, 5) is 0. The number of aryl methyl sites for hydroxylation is 1. The number of hydrogen-bond acceptors (Lipinski definition) is 0. The van der Waals surface area contributed by atoms with Gasteiger partial charge in [0.15, 0.2) is 0 Å². The maximum atomic E-state index is 2.54. The van der Waals surface area contributed by atoms with E-state index in [0.717, 1.165) is 6.42 Å². The zero-order valence-electron chi connectivity index (χ0n) is 19.0. The number of fused-ring (bicyclic) bond motifs is 12. The smallest absolute Gasteiger partial charge is 0.0619 e. The molecule has 0 nitrogen and oxygen atoms in total. The average Bonchev–Trinajstić information content (AvgIpc) is 3.13. The summed E-state index contributed by atoms with van der Waals surface area (Å²) in [7, 11) is 0. The Morgan fingerprint density at radius 2 is 0.971 bits per heavy atom.